The van der Waals surface area contributed by atoms with Crippen molar-refractivity contribution in [1.82, 2.24) is 20.4 Å². The quantitative estimate of drug-likeness (QED) is 0.425. The number of amides is 3. The number of carboxylic acid groups (broad SMARTS) is 1. The number of aliphatic hydroxyl groups excluding tert-OH is 1. The van der Waals surface area contributed by atoms with Gasteiger partial charge in [0, 0.05) is 13.1 Å². The molecule has 0 aromatic carbocycles. The van der Waals surface area contributed by atoms with Crippen molar-refractivity contribution >= 4 is 23.7 Å². The Bertz CT molecular complexity index is 663. The predicted octanol–water partition coefficient (Wildman–Crippen LogP) is -1.33. The van der Waals surface area contributed by atoms with E-state index in [4.69, 9.17) is 0 Å². The van der Waals surface area contributed by atoms with Crippen LogP contribution in [-0.2, 0) is 19.2 Å². The van der Waals surface area contributed by atoms with Crippen molar-refractivity contribution in [2.75, 3.05) is 19.6 Å². The van der Waals surface area contributed by atoms with Gasteiger partial charge in [-0.05, 0) is 52.0 Å². The molecule has 0 aromatic rings. The number of carbonyl (C=O) groups excluding carboxylic acids is 3. The number of carbonyl (C=O) groups is 4. The van der Waals surface area contributed by atoms with Gasteiger partial charge in [0.1, 0.15) is 12.1 Å². The Morgan fingerprint density at radius 3 is 2.14 bits per heavy atom. The number of carboxylic acids is 1. The number of aliphatic hydroxyl groups is 1. The molecule has 3 fully saturated rings. The third-order valence-corrected chi connectivity index (χ3v) is 6.06. The van der Waals surface area contributed by atoms with Crippen LogP contribution in [0.15, 0.2) is 0 Å². The summed E-state index contributed by atoms with van der Waals surface area (Å²) in [6.07, 6.45) is 2.79. The normalized spacial score (nSPS) is 29.0. The van der Waals surface area contributed by atoms with Gasteiger partial charge in [-0.25, -0.2) is 4.79 Å². The average Bonchev–Trinajstić information content (AvgIpc) is 3.44. The fourth-order valence-electron chi connectivity index (χ4n) is 4.52. The first-order chi connectivity index (χ1) is 13.8. The summed E-state index contributed by atoms with van der Waals surface area (Å²) in [5, 5.41) is 24.3. The first kappa shape index (κ1) is 21.5. The molecule has 3 aliphatic heterocycles. The Kier molecular flexibility index (Phi) is 6.74. The minimum absolute atomic E-state index is 0.0569. The lowest BCUT2D eigenvalue weighted by Gasteiger charge is -2.32. The molecule has 162 valence electrons. The van der Waals surface area contributed by atoms with Crippen molar-refractivity contribution in [1.29, 1.82) is 0 Å². The van der Waals surface area contributed by atoms with Crippen molar-refractivity contribution in [3.63, 3.8) is 0 Å². The Morgan fingerprint density at radius 2 is 1.59 bits per heavy atom. The van der Waals surface area contributed by atoms with Crippen LogP contribution in [0.4, 0.5) is 0 Å². The maximum atomic E-state index is 13.2. The summed E-state index contributed by atoms with van der Waals surface area (Å²) in [5.41, 5.74) is 0. The topological polar surface area (TPSA) is 139 Å². The molecule has 0 saturated carbocycles. The van der Waals surface area contributed by atoms with Crippen LogP contribution in [-0.4, -0.2) is 93.6 Å². The largest absolute Gasteiger partial charge is 0.480 e. The number of rotatable bonds is 6. The van der Waals surface area contributed by atoms with Gasteiger partial charge in [-0.1, -0.05) is 0 Å². The van der Waals surface area contributed by atoms with Gasteiger partial charge in [0.05, 0.1) is 12.1 Å². The standard InChI is InChI=1S/C19H30N4O6/c1-11(24)15(19(28)29)21-16(25)13-6-3-9-22(13)18(27)14-7-4-10-23(14)17(26)12-5-2-8-20-12/h11-15,20,24H,2-10H2,1H3,(H,21,25)(H,28,29). The molecular weight excluding hydrogens is 380 g/mol. The Hall–Kier alpha value is -2.20. The summed E-state index contributed by atoms with van der Waals surface area (Å²) < 4.78 is 0. The first-order valence-electron chi connectivity index (χ1n) is 10.4. The highest BCUT2D eigenvalue weighted by molar-refractivity contribution is 5.95. The fraction of sp³-hybridized carbons (Fsp3) is 0.789. The lowest BCUT2D eigenvalue weighted by Crippen LogP contribution is -2.57. The maximum Gasteiger partial charge on any atom is 0.328 e. The van der Waals surface area contributed by atoms with E-state index < -0.39 is 36.1 Å². The van der Waals surface area contributed by atoms with Gasteiger partial charge < -0.3 is 30.6 Å². The van der Waals surface area contributed by atoms with Gasteiger partial charge in [-0.3, -0.25) is 14.4 Å². The maximum absolute atomic E-state index is 13.2. The number of nitrogens with one attached hydrogen (secondary N) is 2. The Labute approximate surface area is 169 Å². The Morgan fingerprint density at radius 1 is 0.966 bits per heavy atom. The predicted molar refractivity (Wildman–Crippen MR) is 102 cm³/mol. The van der Waals surface area contributed by atoms with Gasteiger partial charge in [-0.15, -0.1) is 0 Å². The zero-order valence-corrected chi connectivity index (χ0v) is 16.7. The molecule has 5 atom stereocenters. The highest BCUT2D eigenvalue weighted by Crippen LogP contribution is 2.26. The van der Waals surface area contributed by atoms with E-state index in [1.807, 2.05) is 0 Å². The summed E-state index contributed by atoms with van der Waals surface area (Å²) >= 11 is 0. The molecule has 3 amide bonds. The smallest absolute Gasteiger partial charge is 0.328 e. The van der Waals surface area contributed by atoms with Crippen LogP contribution in [0.5, 0.6) is 0 Å². The third kappa shape index (κ3) is 4.53. The SMILES string of the molecule is CC(O)C(NC(=O)C1CCCN1C(=O)C1CCCN1C(=O)C1CCCN1)C(=O)O. The third-order valence-electron chi connectivity index (χ3n) is 6.06. The van der Waals surface area contributed by atoms with Crippen LogP contribution in [0.1, 0.15) is 45.4 Å². The first-order valence-corrected chi connectivity index (χ1v) is 10.4. The lowest BCUT2D eigenvalue weighted by atomic mass is 10.1. The van der Waals surface area contributed by atoms with E-state index in [0.29, 0.717) is 32.4 Å². The van der Waals surface area contributed by atoms with Crippen LogP contribution >= 0.6 is 0 Å². The highest BCUT2D eigenvalue weighted by Gasteiger charge is 2.44. The van der Waals surface area contributed by atoms with E-state index in [1.54, 1.807) is 4.90 Å². The summed E-state index contributed by atoms with van der Waals surface area (Å²) in [7, 11) is 0. The van der Waals surface area contributed by atoms with Crippen LogP contribution in [0.3, 0.4) is 0 Å². The van der Waals surface area contributed by atoms with Crippen molar-refractivity contribution in [3.8, 4) is 0 Å². The number of hydrogen-bond donors (Lipinski definition) is 4. The second-order valence-electron chi connectivity index (χ2n) is 8.09. The van der Waals surface area contributed by atoms with E-state index in [2.05, 4.69) is 10.6 Å². The van der Waals surface area contributed by atoms with Gasteiger partial charge in [-0.2, -0.15) is 0 Å². The van der Waals surface area contributed by atoms with E-state index in [0.717, 1.165) is 25.8 Å². The molecule has 0 aromatic heterocycles. The second kappa shape index (κ2) is 9.08. The van der Waals surface area contributed by atoms with Crippen LogP contribution < -0.4 is 10.6 Å². The molecule has 3 aliphatic rings. The molecule has 4 N–H and O–H groups in total. The minimum Gasteiger partial charge on any atom is -0.480 e. The molecule has 0 aliphatic carbocycles. The van der Waals surface area contributed by atoms with Gasteiger partial charge in [0.25, 0.3) is 0 Å². The molecule has 10 nitrogen and oxygen atoms in total. The molecule has 3 rings (SSSR count). The number of aliphatic carboxylic acids is 1. The summed E-state index contributed by atoms with van der Waals surface area (Å²) in [6.45, 7) is 3.01. The van der Waals surface area contributed by atoms with Crippen molar-refractivity contribution in [2.45, 2.75) is 75.7 Å². The minimum atomic E-state index is -1.43. The van der Waals surface area contributed by atoms with Crippen LogP contribution in [0, 0.1) is 0 Å². The monoisotopic (exact) mass is 410 g/mol. The van der Waals surface area contributed by atoms with E-state index in [-0.39, 0.29) is 17.9 Å². The van der Waals surface area contributed by atoms with Gasteiger partial charge >= 0.3 is 5.97 Å². The van der Waals surface area contributed by atoms with Crippen LogP contribution in [0.25, 0.3) is 0 Å². The van der Waals surface area contributed by atoms with E-state index >= 15 is 0 Å². The summed E-state index contributed by atoms with van der Waals surface area (Å²) in [5.74, 6) is -2.23. The molecule has 0 bridgehead atoms. The van der Waals surface area contributed by atoms with E-state index in [9.17, 15) is 29.4 Å². The van der Waals surface area contributed by atoms with Gasteiger partial charge in [0.15, 0.2) is 6.04 Å². The molecule has 5 unspecified atom stereocenters. The molecule has 0 spiro atoms. The molecule has 3 saturated heterocycles. The van der Waals surface area contributed by atoms with Gasteiger partial charge in [0.2, 0.25) is 17.7 Å². The Balaban J connectivity index is 1.68. The highest BCUT2D eigenvalue weighted by atomic mass is 16.4. The zero-order chi connectivity index (χ0) is 21.1. The molecule has 10 heteroatoms. The molecule has 0 radical (unpaired) electrons. The average molecular weight is 410 g/mol. The molecular formula is C19H30N4O6. The number of hydrogen-bond acceptors (Lipinski definition) is 6. The fourth-order valence-corrected chi connectivity index (χ4v) is 4.52. The van der Waals surface area contributed by atoms with E-state index in [1.165, 1.54) is 11.8 Å². The van der Waals surface area contributed by atoms with Crippen molar-refractivity contribution in [3.05, 3.63) is 0 Å². The summed E-state index contributed by atoms with van der Waals surface area (Å²) in [6, 6.07) is -3.04. The molecule has 29 heavy (non-hydrogen) atoms. The van der Waals surface area contributed by atoms with Crippen LogP contribution in [0.2, 0.25) is 0 Å². The second-order valence-corrected chi connectivity index (χ2v) is 8.09. The molecule has 3 heterocycles. The number of likely N-dealkylation sites (tertiary alicyclic amines) is 2. The summed E-state index contributed by atoms with van der Waals surface area (Å²) in [4.78, 5) is 53.0. The number of nitrogens with zero attached hydrogens (tertiary/aromatic N) is 2. The van der Waals surface area contributed by atoms with Crippen molar-refractivity contribution in [2.24, 2.45) is 0 Å². The van der Waals surface area contributed by atoms with Crippen molar-refractivity contribution < 1.29 is 29.4 Å². The lowest BCUT2D eigenvalue weighted by molar-refractivity contribution is -0.149. The zero-order valence-electron chi connectivity index (χ0n) is 16.7.